The van der Waals surface area contributed by atoms with Gasteiger partial charge < -0.3 is 20.3 Å². The Hall–Kier alpha value is -1.89. The number of nitrogens with two attached hydrogens (primary N) is 1. The number of nitrogen functional groups attached to an aromatic ring is 1. The van der Waals surface area contributed by atoms with Crippen LogP contribution >= 0.6 is 15.9 Å². The van der Waals surface area contributed by atoms with Gasteiger partial charge in [0, 0.05) is 11.6 Å². The van der Waals surface area contributed by atoms with Gasteiger partial charge in [-0.05, 0) is 22.0 Å². The molecule has 6 nitrogen and oxygen atoms in total. The Labute approximate surface area is 112 Å². The summed E-state index contributed by atoms with van der Waals surface area (Å²) in [5, 5.41) is 16.7. The van der Waals surface area contributed by atoms with Gasteiger partial charge in [-0.2, -0.15) is 5.10 Å². The Morgan fingerprint density at radius 2 is 2.06 bits per heavy atom. The fourth-order valence-corrected chi connectivity index (χ4v) is 2.19. The van der Waals surface area contributed by atoms with Crippen molar-refractivity contribution in [3.63, 3.8) is 0 Å². The van der Waals surface area contributed by atoms with E-state index in [2.05, 4.69) is 26.1 Å². The van der Waals surface area contributed by atoms with E-state index in [1.54, 1.807) is 12.1 Å². The molecule has 0 spiro atoms. The standard InChI is InChI=1S/C11H12BrN3O3/c1-17-7-3-5(6-4-8(13)15-14-6)10(16)9(12)11(7)18-2/h3-4,16H,1-2H3,(H3,13,14,15). The summed E-state index contributed by atoms with van der Waals surface area (Å²) in [5.74, 6) is 1.28. The van der Waals surface area contributed by atoms with Crippen LogP contribution < -0.4 is 15.2 Å². The molecule has 0 bridgehead atoms. The molecule has 96 valence electrons. The highest BCUT2D eigenvalue weighted by atomic mass is 79.9. The zero-order valence-corrected chi connectivity index (χ0v) is 11.4. The van der Waals surface area contributed by atoms with Crippen LogP contribution in [0.5, 0.6) is 17.2 Å². The zero-order valence-electron chi connectivity index (χ0n) is 9.82. The minimum absolute atomic E-state index is 0.0244. The molecule has 2 aromatic rings. The number of hydrogen-bond donors (Lipinski definition) is 3. The molecule has 1 heterocycles. The van der Waals surface area contributed by atoms with E-state index in [0.29, 0.717) is 33.0 Å². The van der Waals surface area contributed by atoms with Crippen molar-refractivity contribution < 1.29 is 14.6 Å². The lowest BCUT2D eigenvalue weighted by molar-refractivity contribution is 0.349. The fourth-order valence-electron chi connectivity index (χ4n) is 1.62. The van der Waals surface area contributed by atoms with Crippen LogP contribution in [0.4, 0.5) is 5.82 Å². The third-order valence-electron chi connectivity index (χ3n) is 2.47. The molecule has 0 aliphatic carbocycles. The van der Waals surface area contributed by atoms with E-state index < -0.39 is 0 Å². The van der Waals surface area contributed by atoms with E-state index in [9.17, 15) is 5.11 Å². The summed E-state index contributed by atoms with van der Waals surface area (Å²) in [7, 11) is 3.02. The van der Waals surface area contributed by atoms with Gasteiger partial charge in [-0.25, -0.2) is 0 Å². The van der Waals surface area contributed by atoms with Crippen LogP contribution in [0.25, 0.3) is 11.3 Å². The van der Waals surface area contributed by atoms with E-state index >= 15 is 0 Å². The molecule has 0 radical (unpaired) electrons. The third-order valence-corrected chi connectivity index (χ3v) is 3.21. The minimum Gasteiger partial charge on any atom is -0.506 e. The van der Waals surface area contributed by atoms with Crippen molar-refractivity contribution in [3.05, 3.63) is 16.6 Å². The highest BCUT2D eigenvalue weighted by molar-refractivity contribution is 9.10. The molecule has 2 rings (SSSR count). The molecule has 7 heteroatoms. The number of ether oxygens (including phenoxy) is 2. The van der Waals surface area contributed by atoms with Crippen LogP contribution in [0, 0.1) is 0 Å². The maximum atomic E-state index is 10.1. The van der Waals surface area contributed by atoms with Crippen molar-refractivity contribution in [2.24, 2.45) is 0 Å². The summed E-state index contributed by atoms with van der Waals surface area (Å²) in [4.78, 5) is 0. The highest BCUT2D eigenvalue weighted by Gasteiger charge is 2.19. The Balaban J connectivity index is 2.65. The van der Waals surface area contributed by atoms with Gasteiger partial charge in [0.15, 0.2) is 11.5 Å². The molecule has 1 aromatic heterocycles. The third kappa shape index (κ3) is 1.97. The van der Waals surface area contributed by atoms with E-state index in [1.807, 2.05) is 0 Å². The van der Waals surface area contributed by atoms with Crippen LogP contribution in [-0.4, -0.2) is 29.5 Å². The summed E-state index contributed by atoms with van der Waals surface area (Å²) in [6, 6.07) is 3.26. The van der Waals surface area contributed by atoms with Crippen molar-refractivity contribution in [2.45, 2.75) is 0 Å². The molecule has 4 N–H and O–H groups in total. The average molecular weight is 314 g/mol. The largest absolute Gasteiger partial charge is 0.506 e. The molecule has 0 saturated carbocycles. The molecule has 0 unspecified atom stereocenters. The quantitative estimate of drug-likeness (QED) is 0.807. The molecule has 0 atom stereocenters. The van der Waals surface area contributed by atoms with Gasteiger partial charge in [0.2, 0.25) is 0 Å². The monoisotopic (exact) mass is 313 g/mol. The predicted molar refractivity (Wildman–Crippen MR) is 70.9 cm³/mol. The number of aromatic nitrogens is 2. The van der Waals surface area contributed by atoms with Crippen molar-refractivity contribution >= 4 is 21.7 Å². The SMILES string of the molecule is COc1cc(-c2cc(N)n[nH]2)c(O)c(Br)c1OC. The van der Waals surface area contributed by atoms with Gasteiger partial charge in [-0.3, -0.25) is 5.10 Å². The number of halogens is 1. The summed E-state index contributed by atoms with van der Waals surface area (Å²) in [6.45, 7) is 0. The van der Waals surface area contributed by atoms with Gasteiger partial charge in [0.05, 0.1) is 19.9 Å². The molecular weight excluding hydrogens is 302 g/mol. The van der Waals surface area contributed by atoms with Gasteiger partial charge in [-0.15, -0.1) is 0 Å². The lowest BCUT2D eigenvalue weighted by Gasteiger charge is -2.13. The normalized spacial score (nSPS) is 10.4. The number of methoxy groups -OCH3 is 2. The van der Waals surface area contributed by atoms with E-state index in [0.717, 1.165) is 0 Å². The summed E-state index contributed by atoms with van der Waals surface area (Å²) >= 11 is 3.27. The van der Waals surface area contributed by atoms with E-state index in [1.165, 1.54) is 14.2 Å². The van der Waals surface area contributed by atoms with Crippen LogP contribution in [0.1, 0.15) is 0 Å². The second-order valence-corrected chi connectivity index (χ2v) is 4.32. The predicted octanol–water partition coefficient (Wildman–Crippen LogP) is 2.14. The summed E-state index contributed by atoms with van der Waals surface area (Å²) in [6.07, 6.45) is 0. The van der Waals surface area contributed by atoms with Gasteiger partial charge >= 0.3 is 0 Å². The first-order valence-electron chi connectivity index (χ1n) is 5.03. The lowest BCUT2D eigenvalue weighted by atomic mass is 10.1. The van der Waals surface area contributed by atoms with E-state index in [-0.39, 0.29) is 5.75 Å². The number of hydrogen-bond acceptors (Lipinski definition) is 5. The van der Waals surface area contributed by atoms with Gasteiger partial charge in [0.25, 0.3) is 0 Å². The Morgan fingerprint density at radius 3 is 2.56 bits per heavy atom. The molecular formula is C11H12BrN3O3. The fraction of sp³-hybridized carbons (Fsp3) is 0.182. The molecule has 0 aliphatic rings. The zero-order chi connectivity index (χ0) is 13.3. The van der Waals surface area contributed by atoms with Gasteiger partial charge in [-0.1, -0.05) is 0 Å². The maximum absolute atomic E-state index is 10.1. The number of H-pyrrole nitrogens is 1. The summed E-state index contributed by atoms with van der Waals surface area (Å²) in [5.41, 5.74) is 6.65. The van der Waals surface area contributed by atoms with Crippen LogP contribution in [0.15, 0.2) is 16.6 Å². The van der Waals surface area contributed by atoms with Crippen molar-refractivity contribution in [2.75, 3.05) is 20.0 Å². The second-order valence-electron chi connectivity index (χ2n) is 3.53. The Kier molecular flexibility index (Phi) is 3.33. The first-order chi connectivity index (χ1) is 8.58. The average Bonchev–Trinajstić information content (AvgIpc) is 2.78. The first-order valence-corrected chi connectivity index (χ1v) is 5.82. The second kappa shape index (κ2) is 4.77. The van der Waals surface area contributed by atoms with Crippen molar-refractivity contribution in [1.29, 1.82) is 0 Å². The lowest BCUT2D eigenvalue weighted by Crippen LogP contribution is -1.93. The van der Waals surface area contributed by atoms with Crippen LogP contribution in [0.2, 0.25) is 0 Å². The number of nitrogens with one attached hydrogen (secondary N) is 1. The number of benzene rings is 1. The highest BCUT2D eigenvalue weighted by Crippen LogP contribution is 2.46. The number of aromatic amines is 1. The molecule has 0 aliphatic heterocycles. The number of phenolic OH excluding ortho intramolecular Hbond substituents is 1. The molecule has 0 fully saturated rings. The number of aromatic hydroxyl groups is 1. The topological polar surface area (TPSA) is 93.4 Å². The Bertz CT molecular complexity index is 583. The van der Waals surface area contributed by atoms with Crippen molar-refractivity contribution in [1.82, 2.24) is 10.2 Å². The molecule has 0 amide bonds. The summed E-state index contributed by atoms with van der Waals surface area (Å²) < 4.78 is 10.8. The number of phenols is 1. The minimum atomic E-state index is 0.0244. The number of nitrogens with zero attached hydrogens (tertiary/aromatic N) is 1. The Morgan fingerprint density at radius 1 is 1.33 bits per heavy atom. The molecule has 1 aromatic carbocycles. The van der Waals surface area contributed by atoms with E-state index in [4.69, 9.17) is 15.2 Å². The first kappa shape index (κ1) is 12.6. The number of rotatable bonds is 3. The van der Waals surface area contributed by atoms with Gasteiger partial charge in [0.1, 0.15) is 16.0 Å². The van der Waals surface area contributed by atoms with Crippen LogP contribution in [0.3, 0.4) is 0 Å². The molecule has 18 heavy (non-hydrogen) atoms. The molecule has 0 saturated heterocycles. The van der Waals surface area contributed by atoms with Crippen LogP contribution in [-0.2, 0) is 0 Å². The smallest absolute Gasteiger partial charge is 0.178 e. The number of anilines is 1. The maximum Gasteiger partial charge on any atom is 0.178 e. The van der Waals surface area contributed by atoms with Crippen molar-refractivity contribution in [3.8, 4) is 28.5 Å².